The third kappa shape index (κ3) is 14.8. The zero-order valence-electron chi connectivity index (χ0n) is 16.4. The van der Waals surface area contributed by atoms with E-state index in [0.29, 0.717) is 0 Å². The zero-order chi connectivity index (χ0) is 23.8. The van der Waals surface area contributed by atoms with Crippen molar-refractivity contribution in [1.29, 1.82) is 0 Å². The summed E-state index contributed by atoms with van der Waals surface area (Å²) >= 11 is 0. The summed E-state index contributed by atoms with van der Waals surface area (Å²) < 4.78 is 0. The summed E-state index contributed by atoms with van der Waals surface area (Å²) in [6.07, 6.45) is 0. The predicted octanol–water partition coefficient (Wildman–Crippen LogP) is -6.91. The first-order chi connectivity index (χ1) is 14.5. The van der Waals surface area contributed by atoms with Crippen LogP contribution in [-0.2, 0) is 33.6 Å². The van der Waals surface area contributed by atoms with Crippen LogP contribution in [0.3, 0.4) is 0 Å². The number of carbonyl (C=O) groups is 7. The molecule has 0 aliphatic rings. The third-order valence-electron chi connectivity index (χ3n) is 3.18. The molecule has 0 aliphatic carbocycles. The first-order valence-corrected chi connectivity index (χ1v) is 8.74. The summed E-state index contributed by atoms with van der Waals surface area (Å²) in [7, 11) is 0. The van der Waals surface area contributed by atoms with Crippen molar-refractivity contribution in [1.82, 2.24) is 31.9 Å². The van der Waals surface area contributed by atoms with Crippen molar-refractivity contribution < 1.29 is 43.8 Å². The molecule has 0 saturated carbocycles. The summed E-state index contributed by atoms with van der Waals surface area (Å²) in [5, 5.41) is 29.9. The van der Waals surface area contributed by atoms with Crippen LogP contribution in [0.2, 0.25) is 0 Å². The molecule has 0 aliphatic heterocycles. The molecular weight excluding hydrogens is 422 g/mol. The molecule has 0 heterocycles. The Kier molecular flexibility index (Phi) is 13.3. The zero-order valence-corrected chi connectivity index (χ0v) is 16.4. The third-order valence-corrected chi connectivity index (χ3v) is 3.18. The molecule has 0 spiro atoms. The molecule has 0 fully saturated rings. The van der Waals surface area contributed by atoms with Crippen LogP contribution in [0.25, 0.3) is 0 Å². The molecule has 174 valence electrons. The Hall–Kier alpha value is -3.79. The van der Waals surface area contributed by atoms with E-state index in [2.05, 4.69) is 26.6 Å². The van der Waals surface area contributed by atoms with E-state index in [4.69, 9.17) is 15.9 Å². The van der Waals surface area contributed by atoms with Gasteiger partial charge in [0.1, 0.15) is 12.6 Å². The van der Waals surface area contributed by atoms with Crippen LogP contribution >= 0.6 is 0 Å². The highest BCUT2D eigenvalue weighted by atomic mass is 16.4. The van der Waals surface area contributed by atoms with Gasteiger partial charge in [-0.2, -0.15) is 0 Å². The van der Waals surface area contributed by atoms with Crippen LogP contribution in [0.15, 0.2) is 0 Å². The molecule has 1 atom stereocenters. The first kappa shape index (κ1) is 27.2. The summed E-state index contributed by atoms with van der Waals surface area (Å²) in [6, 6.07) is -1.18. The van der Waals surface area contributed by atoms with Crippen molar-refractivity contribution >= 4 is 41.4 Å². The van der Waals surface area contributed by atoms with E-state index in [1.165, 1.54) is 0 Å². The van der Waals surface area contributed by atoms with Gasteiger partial charge < -0.3 is 47.8 Å². The first-order valence-electron chi connectivity index (χ1n) is 8.74. The minimum atomic E-state index is -1.25. The molecule has 31 heavy (non-hydrogen) atoms. The average molecular weight is 447 g/mol. The quantitative estimate of drug-likeness (QED) is 0.121. The van der Waals surface area contributed by atoms with E-state index in [1.54, 1.807) is 0 Å². The number of aliphatic carboxylic acids is 1. The van der Waals surface area contributed by atoms with Gasteiger partial charge in [0, 0.05) is 0 Å². The Morgan fingerprint density at radius 2 is 0.871 bits per heavy atom. The topological polar surface area (TPSA) is 258 Å². The molecule has 16 nitrogen and oxygen atoms in total. The molecule has 16 heteroatoms. The summed E-state index contributed by atoms with van der Waals surface area (Å²) in [5.41, 5.74) is 5.23. The van der Waals surface area contributed by atoms with Crippen molar-refractivity contribution in [3.8, 4) is 0 Å². The van der Waals surface area contributed by atoms with Crippen LogP contribution in [0.4, 0.5) is 0 Å². The highest BCUT2D eigenvalue weighted by Crippen LogP contribution is 1.76. The highest BCUT2D eigenvalue weighted by Gasteiger charge is 2.14. The normalized spacial score (nSPS) is 10.8. The molecule has 10 N–H and O–H groups in total. The fraction of sp³-hybridized carbons (Fsp3) is 0.533. The van der Waals surface area contributed by atoms with Crippen molar-refractivity contribution in [3.05, 3.63) is 0 Å². The van der Waals surface area contributed by atoms with Crippen LogP contribution in [-0.4, -0.2) is 104 Å². The van der Waals surface area contributed by atoms with Gasteiger partial charge >= 0.3 is 5.97 Å². The van der Waals surface area contributed by atoms with E-state index in [1.807, 2.05) is 5.32 Å². The van der Waals surface area contributed by atoms with E-state index >= 15 is 0 Å². The molecule has 6 amide bonds. The van der Waals surface area contributed by atoms with Crippen LogP contribution < -0.4 is 37.6 Å². The highest BCUT2D eigenvalue weighted by molar-refractivity contribution is 5.92. The maximum atomic E-state index is 11.6. The van der Waals surface area contributed by atoms with Gasteiger partial charge in [0.05, 0.1) is 39.3 Å². The van der Waals surface area contributed by atoms with Gasteiger partial charge in [-0.05, 0) is 0 Å². The van der Waals surface area contributed by atoms with E-state index in [9.17, 15) is 33.6 Å². The number of aliphatic hydroxyl groups excluding tert-OH is 1. The number of hydrogen-bond donors (Lipinski definition) is 9. The summed E-state index contributed by atoms with van der Waals surface area (Å²) in [6.45, 7) is -3.62. The Morgan fingerprint density at radius 1 is 0.581 bits per heavy atom. The van der Waals surface area contributed by atoms with Crippen LogP contribution in [0.1, 0.15) is 0 Å². The van der Waals surface area contributed by atoms with Gasteiger partial charge in [0.2, 0.25) is 35.4 Å². The van der Waals surface area contributed by atoms with E-state index in [-0.39, 0.29) is 0 Å². The number of rotatable bonds is 14. The SMILES string of the molecule is N[C@@H](CO)C(=O)NCC(=O)NCC(=O)NCC(=O)NCC(=O)NCC(=O)NCC(=O)O. The number of carboxylic acids is 1. The summed E-state index contributed by atoms with van der Waals surface area (Å²) in [5.74, 6) is -5.60. The number of nitrogens with two attached hydrogens (primary N) is 1. The second-order valence-corrected chi connectivity index (χ2v) is 5.78. The molecule has 0 aromatic rings. The maximum absolute atomic E-state index is 11.6. The maximum Gasteiger partial charge on any atom is 0.322 e. The second-order valence-electron chi connectivity index (χ2n) is 5.78. The average Bonchev–Trinajstić information content (AvgIpc) is 2.74. The lowest BCUT2D eigenvalue weighted by Gasteiger charge is -2.10. The number of carboxylic acid groups (broad SMARTS) is 1. The second kappa shape index (κ2) is 15.1. The monoisotopic (exact) mass is 447 g/mol. The van der Waals surface area contributed by atoms with Gasteiger partial charge in [-0.25, -0.2) is 0 Å². The van der Waals surface area contributed by atoms with Gasteiger partial charge in [-0.1, -0.05) is 0 Å². The van der Waals surface area contributed by atoms with E-state index in [0.717, 1.165) is 0 Å². The van der Waals surface area contributed by atoms with Crippen molar-refractivity contribution in [2.45, 2.75) is 6.04 Å². The predicted molar refractivity (Wildman–Crippen MR) is 101 cm³/mol. The number of hydrogen-bond acceptors (Lipinski definition) is 9. The number of aliphatic hydroxyl groups is 1. The lowest BCUT2D eigenvalue weighted by Crippen LogP contribution is -2.48. The number of nitrogens with one attached hydrogen (secondary N) is 6. The van der Waals surface area contributed by atoms with Crippen molar-refractivity contribution in [2.24, 2.45) is 5.73 Å². The molecule has 0 bridgehead atoms. The van der Waals surface area contributed by atoms with Gasteiger partial charge in [0.25, 0.3) is 0 Å². The molecule has 0 aromatic heterocycles. The molecular formula is C15H25N7O9. The van der Waals surface area contributed by atoms with Gasteiger partial charge in [-0.15, -0.1) is 0 Å². The largest absolute Gasteiger partial charge is 0.480 e. The van der Waals surface area contributed by atoms with E-state index < -0.39 is 93.3 Å². The minimum absolute atomic E-state index is 0.469. The Labute approximate surface area is 175 Å². The fourth-order valence-electron chi connectivity index (χ4n) is 1.58. The number of carbonyl (C=O) groups excluding carboxylic acids is 6. The Bertz CT molecular complexity index is 698. The Balaban J connectivity index is 3.91. The molecule has 0 unspecified atom stereocenters. The smallest absolute Gasteiger partial charge is 0.322 e. The Morgan fingerprint density at radius 3 is 1.16 bits per heavy atom. The minimum Gasteiger partial charge on any atom is -0.480 e. The number of amides is 6. The van der Waals surface area contributed by atoms with Crippen molar-refractivity contribution in [2.75, 3.05) is 45.9 Å². The molecule has 0 aromatic carbocycles. The molecule has 0 saturated heterocycles. The van der Waals surface area contributed by atoms with Gasteiger partial charge in [-0.3, -0.25) is 33.6 Å². The van der Waals surface area contributed by atoms with Crippen molar-refractivity contribution in [3.63, 3.8) is 0 Å². The fourth-order valence-corrected chi connectivity index (χ4v) is 1.58. The van der Waals surface area contributed by atoms with Crippen LogP contribution in [0.5, 0.6) is 0 Å². The molecule has 0 rings (SSSR count). The lowest BCUT2D eigenvalue weighted by atomic mass is 10.3. The summed E-state index contributed by atoms with van der Waals surface area (Å²) in [4.78, 5) is 78.8. The van der Waals surface area contributed by atoms with Gasteiger partial charge in [0.15, 0.2) is 0 Å². The lowest BCUT2D eigenvalue weighted by molar-refractivity contribution is -0.137. The standard InChI is InChI=1S/C15H25N7O9/c16-8(7-23)15(31)22-5-13(28)20-3-11(26)18-1-9(24)17-2-10(25)19-4-12(27)21-6-14(29)30/h8,23H,1-7,16H2,(H,17,24)(H,18,26)(H,19,25)(H,20,28)(H,21,27)(H,22,31)(H,29,30)/t8-/m0/s1. The molecule has 0 radical (unpaired) electrons. The van der Waals surface area contributed by atoms with Crippen LogP contribution in [0, 0.1) is 0 Å².